The van der Waals surface area contributed by atoms with Gasteiger partial charge in [-0.15, -0.1) is 0 Å². The Morgan fingerprint density at radius 3 is 2.43 bits per heavy atom. The summed E-state index contributed by atoms with van der Waals surface area (Å²) in [7, 11) is 6.36. The second-order valence-electron chi connectivity index (χ2n) is 6.63. The lowest BCUT2D eigenvalue weighted by molar-refractivity contribution is -0.131. The van der Waals surface area contributed by atoms with Crippen molar-refractivity contribution in [2.24, 2.45) is 5.16 Å². The molecule has 0 unspecified atom stereocenters. The van der Waals surface area contributed by atoms with Crippen LogP contribution in [0.3, 0.4) is 0 Å². The number of methoxy groups -OCH3 is 4. The molecule has 160 valence electrons. The molecule has 0 bridgehead atoms. The van der Waals surface area contributed by atoms with Crippen LogP contribution in [0.5, 0.6) is 23.0 Å². The number of carbonyl (C=O) groups is 1. The fourth-order valence-corrected chi connectivity index (χ4v) is 3.20. The zero-order valence-electron chi connectivity index (χ0n) is 17.6. The largest absolute Gasteiger partial charge is 0.497 e. The van der Waals surface area contributed by atoms with Crippen LogP contribution < -0.4 is 24.3 Å². The van der Waals surface area contributed by atoms with E-state index in [2.05, 4.69) is 10.5 Å². The number of benzene rings is 2. The van der Waals surface area contributed by atoms with Crippen molar-refractivity contribution in [3.05, 3.63) is 47.5 Å². The van der Waals surface area contributed by atoms with E-state index >= 15 is 0 Å². The van der Waals surface area contributed by atoms with Gasteiger partial charge in [-0.25, -0.2) is 0 Å². The molecule has 2 aromatic rings. The maximum absolute atomic E-state index is 12.5. The molecule has 1 amide bonds. The van der Waals surface area contributed by atoms with Gasteiger partial charge in [-0.1, -0.05) is 11.2 Å². The Morgan fingerprint density at radius 2 is 1.73 bits per heavy atom. The standard InChI is InChI=1S/C22H26N2O6/c1-26-15-6-8-18(27-2)16(12-15)17-13-21(30-24-17)22(25)23-10-9-14-5-7-19(28-3)20(11-14)29-4/h5-8,11-12,21H,9-10,13H2,1-4H3,(H,23,25)/t21-/m0/s1. The van der Waals surface area contributed by atoms with Gasteiger partial charge in [-0.2, -0.15) is 0 Å². The maximum atomic E-state index is 12.5. The Balaban J connectivity index is 1.55. The summed E-state index contributed by atoms with van der Waals surface area (Å²) < 4.78 is 21.2. The van der Waals surface area contributed by atoms with E-state index in [0.717, 1.165) is 11.1 Å². The van der Waals surface area contributed by atoms with Gasteiger partial charge in [0.1, 0.15) is 11.5 Å². The molecule has 3 rings (SSSR count). The van der Waals surface area contributed by atoms with E-state index < -0.39 is 6.10 Å². The number of nitrogens with zero attached hydrogens (tertiary/aromatic N) is 1. The van der Waals surface area contributed by atoms with Crippen LogP contribution in [0.1, 0.15) is 17.5 Å². The van der Waals surface area contributed by atoms with Gasteiger partial charge in [-0.05, 0) is 42.3 Å². The summed E-state index contributed by atoms with van der Waals surface area (Å²) in [6.45, 7) is 0.464. The van der Waals surface area contributed by atoms with Crippen LogP contribution >= 0.6 is 0 Å². The summed E-state index contributed by atoms with van der Waals surface area (Å²) in [5, 5.41) is 6.99. The topological polar surface area (TPSA) is 87.6 Å². The maximum Gasteiger partial charge on any atom is 0.264 e. The van der Waals surface area contributed by atoms with Gasteiger partial charge in [0, 0.05) is 18.5 Å². The molecule has 0 saturated carbocycles. The van der Waals surface area contributed by atoms with E-state index in [1.807, 2.05) is 24.3 Å². The summed E-state index contributed by atoms with van der Waals surface area (Å²) in [6.07, 6.45) is 0.323. The van der Waals surface area contributed by atoms with Gasteiger partial charge in [0.15, 0.2) is 11.5 Å². The predicted octanol–water partition coefficient (Wildman–Crippen LogP) is 2.57. The van der Waals surface area contributed by atoms with Crippen molar-refractivity contribution < 1.29 is 28.6 Å². The molecular formula is C22H26N2O6. The highest BCUT2D eigenvalue weighted by Crippen LogP contribution is 2.29. The summed E-state index contributed by atoms with van der Waals surface area (Å²) in [6, 6.07) is 11.1. The van der Waals surface area contributed by atoms with Crippen LogP contribution in [0.2, 0.25) is 0 Å². The first-order valence-corrected chi connectivity index (χ1v) is 9.53. The fraction of sp³-hybridized carbons (Fsp3) is 0.364. The normalized spacial score (nSPS) is 15.1. The number of hydrogen-bond acceptors (Lipinski definition) is 7. The zero-order valence-corrected chi connectivity index (χ0v) is 17.6. The first-order chi connectivity index (χ1) is 14.6. The van der Waals surface area contributed by atoms with E-state index in [1.165, 1.54) is 0 Å². The van der Waals surface area contributed by atoms with Crippen LogP contribution in [0.15, 0.2) is 41.6 Å². The third-order valence-corrected chi connectivity index (χ3v) is 4.84. The van der Waals surface area contributed by atoms with Crippen molar-refractivity contribution >= 4 is 11.6 Å². The minimum Gasteiger partial charge on any atom is -0.497 e. The molecule has 0 aromatic heterocycles. The Hall–Kier alpha value is -3.42. The summed E-state index contributed by atoms with van der Waals surface area (Å²) >= 11 is 0. The molecule has 0 saturated heterocycles. The van der Waals surface area contributed by atoms with Crippen molar-refractivity contribution in [2.45, 2.75) is 18.9 Å². The van der Waals surface area contributed by atoms with Crippen LogP contribution in [0.25, 0.3) is 0 Å². The van der Waals surface area contributed by atoms with Crippen LogP contribution in [0, 0.1) is 0 Å². The summed E-state index contributed by atoms with van der Waals surface area (Å²) in [5.41, 5.74) is 2.42. The first kappa shape index (κ1) is 21.3. The molecule has 8 nitrogen and oxygen atoms in total. The minimum absolute atomic E-state index is 0.212. The van der Waals surface area contributed by atoms with Gasteiger partial charge in [0.05, 0.1) is 34.2 Å². The number of amides is 1. The average Bonchev–Trinajstić information content (AvgIpc) is 3.28. The number of rotatable bonds is 9. The molecule has 1 heterocycles. The molecule has 1 N–H and O–H groups in total. The third-order valence-electron chi connectivity index (χ3n) is 4.84. The second kappa shape index (κ2) is 9.87. The molecule has 8 heteroatoms. The third kappa shape index (κ3) is 4.76. The molecule has 1 aliphatic rings. The fourth-order valence-electron chi connectivity index (χ4n) is 3.20. The Bertz CT molecular complexity index is 928. The van der Waals surface area contributed by atoms with Gasteiger partial charge >= 0.3 is 0 Å². The lowest BCUT2D eigenvalue weighted by Crippen LogP contribution is -2.36. The summed E-state index contributed by atoms with van der Waals surface area (Å²) in [4.78, 5) is 17.9. The Labute approximate surface area is 175 Å². The molecule has 0 radical (unpaired) electrons. The first-order valence-electron chi connectivity index (χ1n) is 9.53. The van der Waals surface area contributed by atoms with Gasteiger partial charge < -0.3 is 29.1 Å². The number of ether oxygens (including phenoxy) is 4. The second-order valence-corrected chi connectivity index (χ2v) is 6.63. The smallest absolute Gasteiger partial charge is 0.264 e. The lowest BCUT2D eigenvalue weighted by atomic mass is 10.0. The predicted molar refractivity (Wildman–Crippen MR) is 112 cm³/mol. The van der Waals surface area contributed by atoms with Crippen molar-refractivity contribution in [1.82, 2.24) is 5.32 Å². The van der Waals surface area contributed by atoms with Gasteiger partial charge in [0.2, 0.25) is 6.10 Å². The molecular weight excluding hydrogens is 388 g/mol. The highest BCUT2D eigenvalue weighted by molar-refractivity contribution is 6.06. The molecule has 2 aromatic carbocycles. The molecule has 0 aliphatic carbocycles. The van der Waals surface area contributed by atoms with Crippen LogP contribution in [-0.4, -0.2) is 52.7 Å². The van der Waals surface area contributed by atoms with E-state index in [1.54, 1.807) is 40.6 Å². The van der Waals surface area contributed by atoms with Gasteiger partial charge in [-0.3, -0.25) is 4.79 Å². The van der Waals surface area contributed by atoms with Crippen molar-refractivity contribution in [3.8, 4) is 23.0 Å². The molecule has 0 fully saturated rings. The molecule has 1 aliphatic heterocycles. The molecule has 30 heavy (non-hydrogen) atoms. The van der Waals surface area contributed by atoms with Crippen molar-refractivity contribution in [3.63, 3.8) is 0 Å². The Kier molecular flexibility index (Phi) is 7.00. The lowest BCUT2D eigenvalue weighted by Gasteiger charge is -2.12. The van der Waals surface area contributed by atoms with E-state index in [0.29, 0.717) is 48.1 Å². The van der Waals surface area contributed by atoms with Gasteiger partial charge in [0.25, 0.3) is 5.91 Å². The van der Waals surface area contributed by atoms with Crippen molar-refractivity contribution in [1.29, 1.82) is 0 Å². The van der Waals surface area contributed by atoms with E-state index in [4.69, 9.17) is 23.8 Å². The highest BCUT2D eigenvalue weighted by atomic mass is 16.6. The number of nitrogens with one attached hydrogen (secondary N) is 1. The number of carbonyl (C=O) groups excluding carboxylic acids is 1. The molecule has 0 spiro atoms. The summed E-state index contributed by atoms with van der Waals surface area (Å²) in [5.74, 6) is 2.44. The Morgan fingerprint density at radius 1 is 1.00 bits per heavy atom. The number of hydrogen-bond donors (Lipinski definition) is 1. The molecule has 1 atom stereocenters. The van der Waals surface area contributed by atoms with Crippen LogP contribution in [0.4, 0.5) is 0 Å². The zero-order chi connectivity index (χ0) is 21.5. The minimum atomic E-state index is -0.679. The quantitative estimate of drug-likeness (QED) is 0.679. The average molecular weight is 414 g/mol. The highest BCUT2D eigenvalue weighted by Gasteiger charge is 2.30. The number of oxime groups is 1. The van der Waals surface area contributed by atoms with E-state index in [9.17, 15) is 4.79 Å². The van der Waals surface area contributed by atoms with Crippen LogP contribution in [-0.2, 0) is 16.1 Å². The monoisotopic (exact) mass is 414 g/mol. The van der Waals surface area contributed by atoms with Crippen molar-refractivity contribution in [2.75, 3.05) is 35.0 Å². The van der Waals surface area contributed by atoms with E-state index in [-0.39, 0.29) is 5.91 Å². The SMILES string of the molecule is COc1ccc(OC)c(C2=NO[C@H](C(=O)NCCc3ccc(OC)c(OC)c3)C2)c1.